The van der Waals surface area contributed by atoms with Gasteiger partial charge in [-0.25, -0.2) is 13.4 Å². The molecule has 1 atom stereocenters. The number of anilines is 2. The number of ketones is 1. The molecule has 1 unspecified atom stereocenters. The second-order valence-corrected chi connectivity index (χ2v) is 13.1. The predicted octanol–water partition coefficient (Wildman–Crippen LogP) is 4.07. The smallest absolute Gasteiger partial charge is 0.258 e. The molecule has 6 rings (SSSR count). The number of H-pyrrole nitrogens is 1. The molecule has 1 aromatic heterocycles. The van der Waals surface area contributed by atoms with Crippen LogP contribution in [0.15, 0.2) is 64.5 Å². The molecule has 0 aliphatic carbocycles. The Morgan fingerprint density at radius 1 is 0.977 bits per heavy atom. The summed E-state index contributed by atoms with van der Waals surface area (Å²) in [6, 6.07) is 13.1. The van der Waals surface area contributed by atoms with Gasteiger partial charge in [-0.3, -0.25) is 19.3 Å². The minimum Gasteiger partial charge on any atom is -0.372 e. The van der Waals surface area contributed by atoms with E-state index in [1.165, 1.54) is 12.4 Å². The quantitative estimate of drug-likeness (QED) is 0.318. The van der Waals surface area contributed by atoms with Crippen molar-refractivity contribution in [3.8, 4) is 0 Å². The number of sulfone groups is 1. The van der Waals surface area contributed by atoms with Crippen LogP contribution >= 0.6 is 0 Å². The van der Waals surface area contributed by atoms with Crippen molar-refractivity contribution in [3.63, 3.8) is 0 Å². The second kappa shape index (κ2) is 12.1. The number of aromatic amines is 1. The zero-order valence-electron chi connectivity index (χ0n) is 24.7. The van der Waals surface area contributed by atoms with Gasteiger partial charge in [0.2, 0.25) is 5.91 Å². The lowest BCUT2D eigenvalue weighted by molar-refractivity contribution is -0.120. The number of benzene rings is 3. The summed E-state index contributed by atoms with van der Waals surface area (Å²) >= 11 is 0. The van der Waals surface area contributed by atoms with Crippen molar-refractivity contribution in [3.05, 3.63) is 93.0 Å². The lowest BCUT2D eigenvalue weighted by atomic mass is 9.91. The lowest BCUT2D eigenvalue weighted by Crippen LogP contribution is -2.33. The minimum absolute atomic E-state index is 0.0385. The molecule has 4 bridgehead atoms. The van der Waals surface area contributed by atoms with E-state index < -0.39 is 15.9 Å². The summed E-state index contributed by atoms with van der Waals surface area (Å²) in [7, 11) is -3.59. The number of hydrogen-bond acceptors (Lipinski definition) is 8. The summed E-state index contributed by atoms with van der Waals surface area (Å²) in [6.07, 6.45) is 2.67. The number of carbonyl (C=O) groups excluding carboxylic acids is 2. The van der Waals surface area contributed by atoms with Gasteiger partial charge in [-0.2, -0.15) is 0 Å². The van der Waals surface area contributed by atoms with E-state index in [1.54, 1.807) is 30.3 Å². The van der Waals surface area contributed by atoms with Gasteiger partial charge in [0.25, 0.3) is 5.56 Å². The summed E-state index contributed by atoms with van der Waals surface area (Å²) < 4.78 is 25.2. The Morgan fingerprint density at radius 3 is 2.42 bits per heavy atom. The van der Waals surface area contributed by atoms with Crippen LogP contribution in [0, 0.1) is 13.8 Å². The first-order valence-electron chi connectivity index (χ1n) is 14.1. The van der Waals surface area contributed by atoms with Gasteiger partial charge >= 0.3 is 0 Å². The third kappa shape index (κ3) is 6.68. The van der Waals surface area contributed by atoms with E-state index in [9.17, 15) is 22.8 Å². The number of aromatic nitrogens is 2. The highest BCUT2D eigenvalue weighted by atomic mass is 32.2. The molecule has 43 heavy (non-hydrogen) atoms. The Kier molecular flexibility index (Phi) is 8.48. The number of nitrogens with zero attached hydrogens (tertiary/aromatic N) is 2. The SMILES string of the molecule is CCN1CC(=O)Nc2ccc(S(C)(=O)=O)c(c2)CCC(=O)C(Nc2ccc3nc[nH]c(=O)c3c2)c2cc(C)c(c(C)c2)C1. The van der Waals surface area contributed by atoms with Crippen molar-refractivity contribution in [1.29, 1.82) is 0 Å². The Morgan fingerprint density at radius 2 is 1.72 bits per heavy atom. The molecule has 224 valence electrons. The van der Waals surface area contributed by atoms with Gasteiger partial charge in [0.15, 0.2) is 15.6 Å². The Balaban J connectivity index is 1.61. The van der Waals surface area contributed by atoms with E-state index in [0.717, 1.165) is 28.5 Å². The number of fused-ring (bicyclic) bond motifs is 10. The number of rotatable bonds is 4. The largest absolute Gasteiger partial charge is 0.372 e. The third-order valence-electron chi connectivity index (χ3n) is 7.91. The van der Waals surface area contributed by atoms with Gasteiger partial charge in [0, 0.05) is 30.6 Å². The van der Waals surface area contributed by atoms with Gasteiger partial charge in [-0.05, 0) is 91.0 Å². The maximum atomic E-state index is 14.0. The fraction of sp³-hybridized carbons (Fsp3) is 0.312. The summed E-state index contributed by atoms with van der Waals surface area (Å²) in [5.74, 6) is -0.355. The summed E-state index contributed by atoms with van der Waals surface area (Å²) in [4.78, 5) is 48.3. The minimum atomic E-state index is -3.59. The molecular weight excluding hydrogens is 566 g/mol. The van der Waals surface area contributed by atoms with Crippen LogP contribution in [0.5, 0.6) is 0 Å². The number of Topliss-reactive ketones (excluding diaryl/α,β-unsaturated/α-hetero) is 1. The molecule has 3 aromatic carbocycles. The van der Waals surface area contributed by atoms with Crippen LogP contribution < -0.4 is 16.2 Å². The van der Waals surface area contributed by atoms with Crippen LogP contribution in [-0.2, 0) is 32.4 Å². The molecular formula is C32H35N5O5S. The molecule has 0 fully saturated rings. The van der Waals surface area contributed by atoms with Crippen LogP contribution in [0.2, 0.25) is 0 Å². The van der Waals surface area contributed by atoms with Crippen LogP contribution in [0.4, 0.5) is 11.4 Å². The standard InChI is InChI=1S/C32H35N5O5S/c1-5-37-16-26-19(2)12-22(13-20(26)3)31(36-24-7-9-27-25(15-24)32(40)34-18-33-27)28(38)10-6-21-14-23(35-30(39)17-37)8-11-29(21)43(4,41)42/h7-9,11-15,18,31,36H,5-6,10,16-17H2,1-4H3,(H,35,39)(H,33,34,40). The van der Waals surface area contributed by atoms with E-state index in [0.29, 0.717) is 40.9 Å². The topological polar surface area (TPSA) is 141 Å². The van der Waals surface area contributed by atoms with Crippen LogP contribution in [-0.4, -0.2) is 54.3 Å². The normalized spacial score (nSPS) is 16.8. The monoisotopic (exact) mass is 601 g/mol. The predicted molar refractivity (Wildman–Crippen MR) is 167 cm³/mol. The number of nitrogens with one attached hydrogen (secondary N) is 3. The van der Waals surface area contributed by atoms with Crippen molar-refractivity contribution in [2.24, 2.45) is 0 Å². The molecule has 0 radical (unpaired) electrons. The number of carbonyl (C=O) groups is 2. The van der Waals surface area contributed by atoms with E-state index in [2.05, 4.69) is 20.6 Å². The van der Waals surface area contributed by atoms with E-state index in [1.807, 2.05) is 37.8 Å². The van der Waals surface area contributed by atoms with E-state index in [-0.39, 0.29) is 41.5 Å². The van der Waals surface area contributed by atoms with Gasteiger partial charge < -0.3 is 15.6 Å². The van der Waals surface area contributed by atoms with Gasteiger partial charge in [-0.1, -0.05) is 19.1 Å². The van der Waals surface area contributed by atoms with Crippen LogP contribution in [0.25, 0.3) is 10.9 Å². The average molecular weight is 602 g/mol. The second-order valence-electron chi connectivity index (χ2n) is 11.1. The zero-order valence-corrected chi connectivity index (χ0v) is 25.5. The number of likely N-dealkylation sites (N-methyl/N-ethyl adjacent to an activating group) is 1. The molecule has 11 heteroatoms. The van der Waals surface area contributed by atoms with Crippen molar-refractivity contribution < 1.29 is 18.0 Å². The highest BCUT2D eigenvalue weighted by Gasteiger charge is 2.25. The Labute approximate surface area is 250 Å². The molecule has 0 spiro atoms. The van der Waals surface area contributed by atoms with E-state index in [4.69, 9.17) is 0 Å². The molecule has 3 N–H and O–H groups in total. The summed E-state index contributed by atoms with van der Waals surface area (Å²) in [6.45, 7) is 7.34. The molecule has 10 nitrogen and oxygen atoms in total. The van der Waals surface area contributed by atoms with E-state index >= 15 is 0 Å². The van der Waals surface area contributed by atoms with Crippen molar-refractivity contribution in [2.45, 2.75) is 51.1 Å². The molecule has 1 amide bonds. The third-order valence-corrected chi connectivity index (χ3v) is 9.10. The fourth-order valence-corrected chi connectivity index (χ4v) is 6.59. The van der Waals surface area contributed by atoms with Crippen LogP contribution in [0.1, 0.15) is 47.2 Å². The first kappa shape index (κ1) is 30.1. The molecule has 4 aromatic rings. The summed E-state index contributed by atoms with van der Waals surface area (Å²) in [5, 5.41) is 6.64. The highest BCUT2D eigenvalue weighted by molar-refractivity contribution is 7.90. The first-order chi connectivity index (χ1) is 20.4. The number of aryl methyl sites for hydroxylation is 3. The van der Waals surface area contributed by atoms with Gasteiger partial charge in [0.1, 0.15) is 6.04 Å². The molecule has 2 aliphatic heterocycles. The zero-order chi connectivity index (χ0) is 30.9. The Hall–Kier alpha value is -4.35. The average Bonchev–Trinajstić information content (AvgIpc) is 2.95. The molecule has 3 heterocycles. The molecule has 0 saturated heterocycles. The highest BCUT2D eigenvalue weighted by Crippen LogP contribution is 2.30. The fourth-order valence-electron chi connectivity index (χ4n) is 5.64. The Bertz CT molecular complexity index is 1880. The van der Waals surface area contributed by atoms with Gasteiger partial charge in [-0.15, -0.1) is 0 Å². The molecule has 2 aliphatic rings. The lowest BCUT2D eigenvalue weighted by Gasteiger charge is -2.25. The maximum Gasteiger partial charge on any atom is 0.258 e. The first-order valence-corrected chi connectivity index (χ1v) is 16.0. The number of hydrogen-bond donors (Lipinski definition) is 3. The number of amides is 1. The molecule has 0 saturated carbocycles. The van der Waals surface area contributed by atoms with Crippen LogP contribution in [0.3, 0.4) is 0 Å². The van der Waals surface area contributed by atoms with Gasteiger partial charge in [0.05, 0.1) is 28.7 Å². The maximum absolute atomic E-state index is 14.0. The van der Waals surface area contributed by atoms with Crippen molar-refractivity contribution in [2.75, 3.05) is 30.0 Å². The summed E-state index contributed by atoms with van der Waals surface area (Å²) in [5.41, 5.74) is 5.59. The van der Waals surface area contributed by atoms with Crippen molar-refractivity contribution >= 4 is 43.8 Å². The van der Waals surface area contributed by atoms with Crippen molar-refractivity contribution in [1.82, 2.24) is 14.9 Å².